The summed E-state index contributed by atoms with van der Waals surface area (Å²) in [5, 5.41) is 12.0. The highest BCUT2D eigenvalue weighted by molar-refractivity contribution is 5.90. The highest BCUT2D eigenvalue weighted by Crippen LogP contribution is 2.14. The van der Waals surface area contributed by atoms with Gasteiger partial charge in [0.15, 0.2) is 5.75 Å². The van der Waals surface area contributed by atoms with Gasteiger partial charge in [0, 0.05) is 11.8 Å². The van der Waals surface area contributed by atoms with Crippen molar-refractivity contribution in [1.82, 2.24) is 4.57 Å². The molecule has 0 fully saturated rings. The zero-order valence-corrected chi connectivity index (χ0v) is 15.9. The summed E-state index contributed by atoms with van der Waals surface area (Å²) in [6.07, 6.45) is 1.38. The van der Waals surface area contributed by atoms with E-state index >= 15 is 0 Å². The van der Waals surface area contributed by atoms with Crippen LogP contribution in [0.1, 0.15) is 16.8 Å². The monoisotopic (exact) mass is 396 g/mol. The molecule has 2 N–H and O–H groups in total. The van der Waals surface area contributed by atoms with Gasteiger partial charge in [0.2, 0.25) is 11.3 Å². The maximum Gasteiger partial charge on any atom is 0.244 e. The fraction of sp³-hybridized carbons (Fsp3) is 0.182. The lowest BCUT2D eigenvalue weighted by Gasteiger charge is -2.14. The molecule has 2 aromatic carbocycles. The zero-order valence-electron chi connectivity index (χ0n) is 15.9. The first kappa shape index (κ1) is 20.3. The van der Waals surface area contributed by atoms with Crippen LogP contribution in [0, 0.1) is 12.7 Å². The van der Waals surface area contributed by atoms with Crippen molar-refractivity contribution in [2.24, 2.45) is 0 Å². The Morgan fingerprint density at radius 2 is 1.90 bits per heavy atom. The summed E-state index contributed by atoms with van der Waals surface area (Å²) in [5.74, 6) is -0.996. The number of nitrogens with zero attached hydrogens (tertiary/aromatic N) is 1. The van der Waals surface area contributed by atoms with Crippen molar-refractivity contribution in [2.75, 3.05) is 5.32 Å². The molecule has 0 spiro atoms. The molecule has 1 aromatic heterocycles. The number of rotatable bonds is 7. The van der Waals surface area contributed by atoms with E-state index in [9.17, 15) is 19.1 Å². The maximum atomic E-state index is 13.7. The lowest BCUT2D eigenvalue weighted by Crippen LogP contribution is -2.23. The summed E-state index contributed by atoms with van der Waals surface area (Å²) in [4.78, 5) is 24.6. The highest BCUT2D eigenvalue weighted by atomic mass is 19.1. The lowest BCUT2D eigenvalue weighted by atomic mass is 10.2. The van der Waals surface area contributed by atoms with Crippen LogP contribution in [0.2, 0.25) is 0 Å². The van der Waals surface area contributed by atoms with E-state index in [-0.39, 0.29) is 30.3 Å². The van der Waals surface area contributed by atoms with E-state index in [1.54, 1.807) is 6.07 Å². The van der Waals surface area contributed by atoms with Crippen molar-refractivity contribution >= 4 is 11.6 Å². The Balaban J connectivity index is 1.76. The Labute approximate surface area is 167 Å². The molecule has 1 heterocycles. The lowest BCUT2D eigenvalue weighted by molar-refractivity contribution is -0.116. The van der Waals surface area contributed by atoms with Gasteiger partial charge >= 0.3 is 0 Å². The van der Waals surface area contributed by atoms with Gasteiger partial charge in [-0.25, -0.2) is 4.39 Å². The number of anilines is 1. The fourth-order valence-electron chi connectivity index (χ4n) is 2.74. The van der Waals surface area contributed by atoms with Gasteiger partial charge in [0.1, 0.15) is 19.0 Å². The van der Waals surface area contributed by atoms with E-state index in [1.807, 2.05) is 31.2 Å². The molecule has 1 amide bonds. The second kappa shape index (κ2) is 9.16. The minimum absolute atomic E-state index is 0.0555. The number of amides is 1. The third-order valence-corrected chi connectivity index (χ3v) is 4.32. The Hall–Kier alpha value is -3.45. The van der Waals surface area contributed by atoms with E-state index in [0.29, 0.717) is 0 Å². The summed E-state index contributed by atoms with van der Waals surface area (Å²) in [5.41, 5.74) is 1.92. The molecular weight excluding hydrogens is 375 g/mol. The average Bonchev–Trinajstić information content (AvgIpc) is 2.71. The fourth-order valence-corrected chi connectivity index (χ4v) is 2.74. The molecule has 150 valence electrons. The minimum Gasteiger partial charge on any atom is -0.483 e. The molecule has 0 radical (unpaired) electrons. The molecule has 0 unspecified atom stereocenters. The van der Waals surface area contributed by atoms with Crippen LogP contribution < -0.4 is 15.5 Å². The van der Waals surface area contributed by atoms with E-state index in [1.165, 1.54) is 35.0 Å². The zero-order chi connectivity index (χ0) is 20.8. The summed E-state index contributed by atoms with van der Waals surface area (Å²) >= 11 is 0. The molecule has 0 aliphatic rings. The Morgan fingerprint density at radius 3 is 2.59 bits per heavy atom. The average molecular weight is 396 g/mol. The number of hydrogen-bond donors (Lipinski definition) is 2. The van der Waals surface area contributed by atoms with E-state index in [2.05, 4.69) is 5.32 Å². The molecule has 0 bridgehead atoms. The number of carbonyl (C=O) groups excluding carboxylic acids is 1. The summed E-state index contributed by atoms with van der Waals surface area (Å²) in [7, 11) is 0. The predicted molar refractivity (Wildman–Crippen MR) is 107 cm³/mol. The molecule has 7 heteroatoms. The van der Waals surface area contributed by atoms with Crippen molar-refractivity contribution in [3.63, 3.8) is 0 Å². The Morgan fingerprint density at radius 1 is 1.17 bits per heavy atom. The molecule has 29 heavy (non-hydrogen) atoms. The van der Waals surface area contributed by atoms with Crippen LogP contribution in [0.4, 0.5) is 10.1 Å². The number of para-hydroxylation sites is 1. The number of ether oxygens (including phenoxy) is 1. The van der Waals surface area contributed by atoms with E-state index in [0.717, 1.165) is 11.1 Å². The van der Waals surface area contributed by atoms with Gasteiger partial charge in [0.05, 0.1) is 18.5 Å². The maximum absolute atomic E-state index is 13.7. The number of aryl methyl sites for hydroxylation is 1. The molecule has 0 aliphatic heterocycles. The summed E-state index contributed by atoms with van der Waals surface area (Å²) in [6.45, 7) is 1.52. The molecule has 0 atom stereocenters. The summed E-state index contributed by atoms with van der Waals surface area (Å²) < 4.78 is 20.7. The number of carbonyl (C=O) groups is 1. The number of aliphatic hydroxyl groups is 1. The highest BCUT2D eigenvalue weighted by Gasteiger charge is 2.12. The Kier molecular flexibility index (Phi) is 6.41. The molecule has 0 aliphatic carbocycles. The molecule has 0 saturated heterocycles. The molecular formula is C22H21FN2O4. The number of benzene rings is 2. The first-order valence-electron chi connectivity index (χ1n) is 9.03. The largest absolute Gasteiger partial charge is 0.483 e. The van der Waals surface area contributed by atoms with Gasteiger partial charge in [-0.2, -0.15) is 0 Å². The number of hydrogen-bond acceptors (Lipinski definition) is 4. The number of aromatic nitrogens is 1. The smallest absolute Gasteiger partial charge is 0.244 e. The van der Waals surface area contributed by atoms with Gasteiger partial charge in [-0.1, -0.05) is 42.0 Å². The first-order chi connectivity index (χ1) is 14.0. The molecule has 0 saturated carbocycles. The second-order valence-corrected chi connectivity index (χ2v) is 6.58. The number of aliphatic hydroxyl groups excluding tert-OH is 1. The third kappa shape index (κ3) is 5.30. The van der Waals surface area contributed by atoms with Crippen LogP contribution >= 0.6 is 0 Å². The van der Waals surface area contributed by atoms with Crippen molar-refractivity contribution in [2.45, 2.75) is 26.7 Å². The van der Waals surface area contributed by atoms with Crippen LogP contribution in [-0.4, -0.2) is 15.6 Å². The van der Waals surface area contributed by atoms with Crippen LogP contribution in [0.3, 0.4) is 0 Å². The van der Waals surface area contributed by atoms with Crippen molar-refractivity contribution < 1.29 is 19.0 Å². The third-order valence-electron chi connectivity index (χ3n) is 4.32. The van der Waals surface area contributed by atoms with Crippen molar-refractivity contribution in [3.8, 4) is 5.75 Å². The van der Waals surface area contributed by atoms with Crippen LogP contribution in [-0.2, 0) is 24.6 Å². The summed E-state index contributed by atoms with van der Waals surface area (Å²) in [6, 6.07) is 14.7. The first-order valence-corrected chi connectivity index (χ1v) is 9.03. The van der Waals surface area contributed by atoms with Crippen LogP contribution in [0.25, 0.3) is 0 Å². The van der Waals surface area contributed by atoms with Crippen LogP contribution in [0.15, 0.2) is 65.6 Å². The van der Waals surface area contributed by atoms with Crippen LogP contribution in [0.5, 0.6) is 5.75 Å². The van der Waals surface area contributed by atoms with Gasteiger partial charge in [-0.3, -0.25) is 9.59 Å². The minimum atomic E-state index is -0.551. The molecule has 6 nitrogen and oxygen atoms in total. The quantitative estimate of drug-likeness (QED) is 0.643. The van der Waals surface area contributed by atoms with Gasteiger partial charge in [-0.05, 0) is 24.6 Å². The molecule has 3 rings (SSSR count). The number of pyridine rings is 1. The molecule has 3 aromatic rings. The normalized spacial score (nSPS) is 10.6. The van der Waals surface area contributed by atoms with Gasteiger partial charge in [0.25, 0.3) is 0 Å². The van der Waals surface area contributed by atoms with E-state index in [4.69, 9.17) is 4.74 Å². The van der Waals surface area contributed by atoms with Crippen molar-refractivity contribution in [1.29, 1.82) is 0 Å². The topological polar surface area (TPSA) is 80.6 Å². The van der Waals surface area contributed by atoms with E-state index < -0.39 is 23.8 Å². The SMILES string of the molecule is Cc1ccc(COc2cn(CC(=O)Nc3ccccc3F)c(CO)cc2=O)cc1. The Bertz CT molecular complexity index is 1060. The predicted octanol–water partition coefficient (Wildman–Crippen LogP) is 3.01. The second-order valence-electron chi connectivity index (χ2n) is 6.58. The number of nitrogens with one attached hydrogen (secondary N) is 1. The van der Waals surface area contributed by atoms with Crippen molar-refractivity contribution in [3.05, 3.63) is 93.7 Å². The van der Waals surface area contributed by atoms with Gasteiger partial charge < -0.3 is 19.7 Å². The number of halogens is 1. The standard InChI is InChI=1S/C22H21FN2O4/c1-15-6-8-16(9-7-15)14-29-21-11-25(17(13-26)10-20(21)27)12-22(28)24-19-5-3-2-4-18(19)23/h2-11,26H,12-14H2,1H3,(H,24,28). The van der Waals surface area contributed by atoms with Gasteiger partial charge in [-0.15, -0.1) is 0 Å².